The van der Waals surface area contributed by atoms with E-state index in [0.29, 0.717) is 0 Å². The highest BCUT2D eigenvalue weighted by Gasteiger charge is 1.92. The second kappa shape index (κ2) is 2.53. The Kier molecular flexibility index (Phi) is 1.72. The van der Waals surface area contributed by atoms with Crippen molar-refractivity contribution >= 4 is 0 Å². The van der Waals surface area contributed by atoms with Gasteiger partial charge in [-0.2, -0.15) is 0 Å². The Morgan fingerprint density at radius 2 is 2.33 bits per heavy atom. The number of rotatable bonds is 2. The predicted octanol–water partition coefficient (Wildman–Crippen LogP) is 0.720. The molecule has 1 rings (SSSR count). The normalized spacial score (nSPS) is 10.1. The van der Waals surface area contributed by atoms with E-state index in [1.165, 1.54) is 4.85 Å². The number of hydrogen-bond donors (Lipinski definition) is 0. The molecule has 3 nitrogen and oxygen atoms in total. The highest BCUT2D eigenvalue weighted by molar-refractivity contribution is 4.75. The van der Waals surface area contributed by atoms with Crippen molar-refractivity contribution < 1.29 is 4.84 Å². The molecule has 0 saturated carbocycles. The quantitative estimate of drug-likeness (QED) is 0.583. The summed E-state index contributed by atoms with van der Waals surface area (Å²) in [6, 6.07) is 1.82. The maximum atomic E-state index is 5.16. The van der Waals surface area contributed by atoms with Gasteiger partial charge in [0, 0.05) is 0 Å². The first-order valence-electron chi connectivity index (χ1n) is 2.96. The van der Waals surface area contributed by atoms with Crippen LogP contribution in [0.4, 0.5) is 0 Å². The molecule has 0 aliphatic rings. The minimum Gasteiger partial charge on any atom is -0.394 e. The molecule has 0 fully saturated rings. The van der Waals surface area contributed by atoms with Crippen LogP contribution in [0.3, 0.4) is 0 Å². The molecule has 0 atom stereocenters. The van der Waals surface area contributed by atoms with Gasteiger partial charge in [0.1, 0.15) is 6.10 Å². The zero-order chi connectivity index (χ0) is 6.69. The van der Waals surface area contributed by atoms with Gasteiger partial charge in [0.2, 0.25) is 0 Å². The van der Waals surface area contributed by atoms with Crippen molar-refractivity contribution in [1.29, 1.82) is 0 Å². The lowest BCUT2D eigenvalue weighted by Crippen LogP contribution is -2.18. The van der Waals surface area contributed by atoms with Crippen molar-refractivity contribution in [3.05, 3.63) is 18.5 Å². The topological polar surface area (TPSA) is 27.1 Å². The Morgan fingerprint density at radius 3 is 2.78 bits per heavy atom. The zero-order valence-corrected chi connectivity index (χ0v) is 5.61. The molecule has 0 radical (unpaired) electrons. The molecule has 0 spiro atoms. The fraction of sp³-hybridized carbons (Fsp3) is 0.500. The second-order valence-corrected chi connectivity index (χ2v) is 2.06. The Balaban J connectivity index is 2.48. The summed E-state index contributed by atoms with van der Waals surface area (Å²) < 4.78 is 0. The summed E-state index contributed by atoms with van der Waals surface area (Å²) in [7, 11) is 0. The van der Waals surface area contributed by atoms with E-state index in [1.807, 2.05) is 19.9 Å². The highest BCUT2D eigenvalue weighted by Crippen LogP contribution is 1.83. The summed E-state index contributed by atoms with van der Waals surface area (Å²) in [5, 5.41) is 3.85. The van der Waals surface area contributed by atoms with Crippen LogP contribution >= 0.6 is 0 Å². The molecule has 3 heteroatoms. The van der Waals surface area contributed by atoms with E-state index in [0.717, 1.165) is 0 Å². The molecular weight excluding hydrogens is 116 g/mol. The maximum Gasteiger partial charge on any atom is 0.121 e. The fourth-order valence-corrected chi connectivity index (χ4v) is 0.533. The van der Waals surface area contributed by atoms with E-state index in [-0.39, 0.29) is 6.10 Å². The van der Waals surface area contributed by atoms with Crippen LogP contribution in [0.15, 0.2) is 18.5 Å². The molecular formula is C6H10N2O. The van der Waals surface area contributed by atoms with Crippen LogP contribution < -0.4 is 4.84 Å². The van der Waals surface area contributed by atoms with E-state index >= 15 is 0 Å². The number of aromatic nitrogens is 2. The number of nitrogens with zero attached hydrogens (tertiary/aromatic N) is 2. The van der Waals surface area contributed by atoms with Crippen molar-refractivity contribution in [2.75, 3.05) is 0 Å². The summed E-state index contributed by atoms with van der Waals surface area (Å²) in [5.74, 6) is 0. The monoisotopic (exact) mass is 126 g/mol. The van der Waals surface area contributed by atoms with Gasteiger partial charge in [-0.15, -0.1) is 9.94 Å². The molecule has 0 aliphatic carbocycles. The van der Waals surface area contributed by atoms with Gasteiger partial charge in [0.25, 0.3) is 0 Å². The highest BCUT2D eigenvalue weighted by atomic mass is 16.7. The molecule has 0 aliphatic heterocycles. The molecule has 0 bridgehead atoms. The summed E-state index contributed by atoms with van der Waals surface area (Å²) in [6.07, 6.45) is 3.63. The summed E-state index contributed by atoms with van der Waals surface area (Å²) in [5.41, 5.74) is 0. The Bertz CT molecular complexity index is 158. The van der Waals surface area contributed by atoms with E-state index in [9.17, 15) is 0 Å². The molecule has 0 saturated heterocycles. The van der Waals surface area contributed by atoms with E-state index in [2.05, 4.69) is 5.10 Å². The van der Waals surface area contributed by atoms with Gasteiger partial charge >= 0.3 is 0 Å². The van der Waals surface area contributed by atoms with Gasteiger partial charge in [-0.05, 0) is 19.9 Å². The van der Waals surface area contributed by atoms with Crippen LogP contribution in [0.5, 0.6) is 0 Å². The smallest absolute Gasteiger partial charge is 0.121 e. The molecule has 50 valence electrons. The fourth-order valence-electron chi connectivity index (χ4n) is 0.533. The Morgan fingerprint density at radius 1 is 1.56 bits per heavy atom. The lowest BCUT2D eigenvalue weighted by atomic mass is 10.5. The largest absolute Gasteiger partial charge is 0.394 e. The molecule has 0 unspecified atom stereocenters. The lowest BCUT2D eigenvalue weighted by Gasteiger charge is -2.06. The molecule has 1 heterocycles. The van der Waals surface area contributed by atoms with Crippen molar-refractivity contribution in [1.82, 2.24) is 9.94 Å². The molecule has 0 N–H and O–H groups in total. The zero-order valence-electron chi connectivity index (χ0n) is 5.61. The van der Waals surface area contributed by atoms with Gasteiger partial charge in [-0.25, -0.2) is 0 Å². The molecule has 0 amide bonds. The van der Waals surface area contributed by atoms with Gasteiger partial charge in [-0.1, -0.05) is 0 Å². The van der Waals surface area contributed by atoms with Crippen molar-refractivity contribution in [2.24, 2.45) is 0 Å². The van der Waals surface area contributed by atoms with Gasteiger partial charge in [0.05, 0.1) is 12.4 Å². The predicted molar refractivity (Wildman–Crippen MR) is 33.9 cm³/mol. The van der Waals surface area contributed by atoms with Crippen molar-refractivity contribution in [2.45, 2.75) is 20.0 Å². The Hall–Kier alpha value is -0.990. The average Bonchev–Trinajstić information content (AvgIpc) is 2.15. The van der Waals surface area contributed by atoms with Crippen molar-refractivity contribution in [3.63, 3.8) is 0 Å². The summed E-state index contributed by atoms with van der Waals surface area (Å²) >= 11 is 0. The maximum absolute atomic E-state index is 5.16. The van der Waals surface area contributed by atoms with E-state index in [4.69, 9.17) is 4.84 Å². The van der Waals surface area contributed by atoms with Gasteiger partial charge in [0.15, 0.2) is 0 Å². The van der Waals surface area contributed by atoms with Crippen LogP contribution in [0.25, 0.3) is 0 Å². The van der Waals surface area contributed by atoms with Crippen LogP contribution in [-0.2, 0) is 0 Å². The molecule has 9 heavy (non-hydrogen) atoms. The van der Waals surface area contributed by atoms with Gasteiger partial charge in [-0.3, -0.25) is 0 Å². The number of hydrogen-bond acceptors (Lipinski definition) is 2. The van der Waals surface area contributed by atoms with Gasteiger partial charge < -0.3 is 4.84 Å². The van der Waals surface area contributed by atoms with E-state index < -0.39 is 0 Å². The SMILES string of the molecule is CC(C)On1cccn1. The molecule has 1 aromatic rings. The first-order chi connectivity index (χ1) is 4.29. The summed E-state index contributed by atoms with van der Waals surface area (Å²) in [4.78, 5) is 6.61. The van der Waals surface area contributed by atoms with Crippen LogP contribution in [0.1, 0.15) is 13.8 Å². The first-order valence-corrected chi connectivity index (χ1v) is 2.96. The Labute approximate surface area is 54.2 Å². The van der Waals surface area contributed by atoms with E-state index in [1.54, 1.807) is 12.4 Å². The van der Waals surface area contributed by atoms with Crippen LogP contribution in [0, 0.1) is 0 Å². The van der Waals surface area contributed by atoms with Crippen molar-refractivity contribution in [3.8, 4) is 0 Å². The molecule has 1 aromatic heterocycles. The van der Waals surface area contributed by atoms with Crippen LogP contribution in [-0.4, -0.2) is 16.0 Å². The summed E-state index contributed by atoms with van der Waals surface area (Å²) in [6.45, 7) is 3.92. The lowest BCUT2D eigenvalue weighted by molar-refractivity contribution is 0.0361. The minimum atomic E-state index is 0.185. The third kappa shape index (κ3) is 1.76. The standard InChI is InChI=1S/C6H10N2O/c1-6(2)9-8-5-3-4-7-8/h3-6H,1-2H3. The first kappa shape index (κ1) is 6.13. The van der Waals surface area contributed by atoms with Crippen LogP contribution in [0.2, 0.25) is 0 Å². The third-order valence-corrected chi connectivity index (χ3v) is 0.799. The minimum absolute atomic E-state index is 0.185. The third-order valence-electron chi connectivity index (χ3n) is 0.799. The average molecular weight is 126 g/mol. The second-order valence-electron chi connectivity index (χ2n) is 2.06. The molecule has 0 aromatic carbocycles.